The van der Waals surface area contributed by atoms with Crippen LogP contribution in [-0.2, 0) is 0 Å². The number of hydrogen-bond donors (Lipinski definition) is 1. The van der Waals surface area contributed by atoms with Crippen LogP contribution in [0.15, 0.2) is 16.8 Å². The van der Waals surface area contributed by atoms with E-state index in [9.17, 15) is 4.91 Å². The maximum Gasteiger partial charge on any atom is 0.223 e. The Balaban J connectivity index is 3.22. The van der Waals surface area contributed by atoms with Crippen molar-refractivity contribution in [3.8, 4) is 0 Å². The van der Waals surface area contributed by atoms with Crippen molar-refractivity contribution in [2.45, 2.75) is 32.6 Å². The first-order valence-corrected chi connectivity index (χ1v) is 5.11. The molecule has 4 heteroatoms. The largest absolute Gasteiger partial charge is 0.348 e. The van der Waals surface area contributed by atoms with E-state index in [2.05, 4.69) is 11.9 Å². The lowest BCUT2D eigenvalue weighted by Crippen LogP contribution is -1.69. The van der Waals surface area contributed by atoms with Crippen molar-refractivity contribution < 1.29 is 4.89 Å². The summed E-state index contributed by atoms with van der Waals surface area (Å²) < 4.78 is 0. The van der Waals surface area contributed by atoms with Crippen LogP contribution in [0.4, 0.5) is 0 Å². The molecule has 0 heterocycles. The van der Waals surface area contributed by atoms with E-state index in [0.29, 0.717) is 0 Å². The summed E-state index contributed by atoms with van der Waals surface area (Å²) in [5.41, 5.74) is 0. The first-order chi connectivity index (χ1) is 5.31. The Labute approximate surface area is 68.4 Å². The minimum absolute atomic E-state index is 0.933. The predicted molar refractivity (Wildman–Crippen MR) is 48.2 cm³/mol. The van der Waals surface area contributed by atoms with Crippen molar-refractivity contribution in [3.63, 3.8) is 0 Å². The molecule has 0 aliphatic heterocycles. The van der Waals surface area contributed by atoms with Crippen molar-refractivity contribution in [1.82, 2.24) is 0 Å². The maximum absolute atomic E-state index is 9.70. The molecule has 64 valence electrons. The molecule has 0 aromatic heterocycles. The highest BCUT2D eigenvalue weighted by Crippen LogP contribution is 2.32. The fourth-order valence-corrected chi connectivity index (χ4v) is 1.10. The molecular weight excluding hydrogens is 161 g/mol. The molecule has 1 atom stereocenters. The third kappa shape index (κ3) is 7.63. The Hall–Kier alpha value is -0.270. The third-order valence-electron chi connectivity index (χ3n) is 1.30. The van der Waals surface area contributed by atoms with Crippen LogP contribution in [0.1, 0.15) is 32.6 Å². The topological polar surface area (TPSA) is 49.7 Å². The zero-order chi connectivity index (χ0) is 8.53. The molecular formula is C7H14NO2P. The van der Waals surface area contributed by atoms with Gasteiger partial charge in [-0.05, 0) is 23.6 Å². The van der Waals surface area contributed by atoms with Crippen LogP contribution in [0, 0.1) is 4.91 Å². The predicted octanol–water partition coefficient (Wildman–Crippen LogP) is 3.15. The summed E-state index contributed by atoms with van der Waals surface area (Å²) in [5, 5.41) is 0. The number of rotatable bonds is 6. The van der Waals surface area contributed by atoms with Crippen LogP contribution in [0.2, 0.25) is 0 Å². The average molecular weight is 175 g/mol. The Bertz CT molecular complexity index is 128. The van der Waals surface area contributed by atoms with Gasteiger partial charge in [-0.15, -0.1) is 4.91 Å². The van der Waals surface area contributed by atoms with Gasteiger partial charge in [0, 0.05) is 0 Å². The fourth-order valence-electron chi connectivity index (χ4n) is 0.708. The molecule has 0 fully saturated rings. The molecule has 1 unspecified atom stereocenters. The van der Waals surface area contributed by atoms with Crippen molar-refractivity contribution in [1.29, 1.82) is 0 Å². The van der Waals surface area contributed by atoms with Gasteiger partial charge in [-0.25, -0.2) is 0 Å². The highest BCUT2D eigenvalue weighted by atomic mass is 31.2. The van der Waals surface area contributed by atoms with E-state index in [1.165, 1.54) is 18.7 Å². The van der Waals surface area contributed by atoms with Gasteiger partial charge in [0.25, 0.3) is 0 Å². The second-order valence-electron chi connectivity index (χ2n) is 2.28. The molecule has 0 aliphatic carbocycles. The van der Waals surface area contributed by atoms with E-state index >= 15 is 0 Å². The minimum atomic E-state index is -1.71. The van der Waals surface area contributed by atoms with Crippen LogP contribution in [0.5, 0.6) is 0 Å². The molecule has 0 rings (SSSR count). The maximum atomic E-state index is 9.70. The van der Waals surface area contributed by atoms with Gasteiger partial charge in [-0.3, -0.25) is 0 Å². The van der Waals surface area contributed by atoms with E-state index in [-0.39, 0.29) is 0 Å². The van der Waals surface area contributed by atoms with Crippen LogP contribution < -0.4 is 0 Å². The molecule has 0 spiro atoms. The van der Waals surface area contributed by atoms with Gasteiger partial charge >= 0.3 is 0 Å². The lowest BCUT2D eigenvalue weighted by Gasteiger charge is -1.92. The zero-order valence-corrected chi connectivity index (χ0v) is 7.63. The highest BCUT2D eigenvalue weighted by Gasteiger charge is 1.93. The molecule has 0 radical (unpaired) electrons. The molecule has 0 aromatic rings. The van der Waals surface area contributed by atoms with Gasteiger partial charge < -0.3 is 4.89 Å². The third-order valence-corrected chi connectivity index (χ3v) is 1.94. The molecule has 0 aliphatic rings. The SMILES string of the molecule is CCCCC/C=C/P(O)N=O. The number of nitrogens with zero attached hydrogens (tertiary/aromatic N) is 1. The van der Waals surface area contributed by atoms with Crippen LogP contribution in [0.3, 0.4) is 0 Å². The van der Waals surface area contributed by atoms with Crippen molar-refractivity contribution in [3.05, 3.63) is 16.8 Å². The molecule has 0 amide bonds. The van der Waals surface area contributed by atoms with E-state index in [1.807, 2.05) is 6.08 Å². The van der Waals surface area contributed by atoms with Crippen molar-refractivity contribution in [2.75, 3.05) is 0 Å². The average Bonchev–Trinajstić information content (AvgIpc) is 2.04. The van der Waals surface area contributed by atoms with Gasteiger partial charge in [0.2, 0.25) is 8.30 Å². The number of nitroso groups, excluding NO2 is 1. The van der Waals surface area contributed by atoms with Gasteiger partial charge in [0.1, 0.15) is 0 Å². The van der Waals surface area contributed by atoms with E-state index in [0.717, 1.165) is 12.8 Å². The van der Waals surface area contributed by atoms with Gasteiger partial charge in [0.15, 0.2) is 0 Å². The standard InChI is InChI=1S/C7H14NO2P/c1-2-3-4-5-6-7-11(10)8-9/h6-7,10H,2-5H2,1H3/b7-6+. The number of allylic oxidation sites excluding steroid dienone is 1. The Kier molecular flexibility index (Phi) is 7.64. The fraction of sp³-hybridized carbons (Fsp3) is 0.714. The lowest BCUT2D eigenvalue weighted by atomic mass is 10.2. The van der Waals surface area contributed by atoms with Crippen LogP contribution >= 0.6 is 8.30 Å². The monoisotopic (exact) mass is 175 g/mol. The minimum Gasteiger partial charge on any atom is -0.348 e. The van der Waals surface area contributed by atoms with Crippen LogP contribution in [0.25, 0.3) is 0 Å². The molecule has 0 saturated heterocycles. The van der Waals surface area contributed by atoms with E-state index < -0.39 is 8.30 Å². The Morgan fingerprint density at radius 2 is 2.27 bits per heavy atom. The molecule has 3 nitrogen and oxygen atoms in total. The first kappa shape index (κ1) is 10.7. The lowest BCUT2D eigenvalue weighted by molar-refractivity contribution is 0.635. The summed E-state index contributed by atoms with van der Waals surface area (Å²) in [4.78, 5) is 20.9. The quantitative estimate of drug-likeness (QED) is 0.383. The van der Waals surface area contributed by atoms with Gasteiger partial charge in [0.05, 0.1) is 0 Å². The Morgan fingerprint density at radius 1 is 1.55 bits per heavy atom. The summed E-state index contributed by atoms with van der Waals surface area (Å²) in [6.45, 7) is 2.13. The molecule has 1 N–H and O–H groups in total. The first-order valence-electron chi connectivity index (χ1n) is 3.79. The van der Waals surface area contributed by atoms with Crippen LogP contribution in [-0.4, -0.2) is 4.89 Å². The summed E-state index contributed by atoms with van der Waals surface area (Å²) in [5.74, 6) is 1.48. The second-order valence-corrected chi connectivity index (χ2v) is 3.38. The van der Waals surface area contributed by atoms with Crippen molar-refractivity contribution >= 4 is 8.30 Å². The summed E-state index contributed by atoms with van der Waals surface area (Å²) in [7, 11) is -1.71. The molecule has 11 heavy (non-hydrogen) atoms. The smallest absolute Gasteiger partial charge is 0.223 e. The van der Waals surface area contributed by atoms with E-state index in [4.69, 9.17) is 4.89 Å². The molecule has 0 aromatic carbocycles. The number of unbranched alkanes of at least 4 members (excludes halogenated alkanes) is 3. The van der Waals surface area contributed by atoms with Gasteiger partial charge in [-0.2, -0.15) is 0 Å². The summed E-state index contributed by atoms with van der Waals surface area (Å²) in [6, 6.07) is 0. The summed E-state index contributed by atoms with van der Waals surface area (Å²) in [6.07, 6.45) is 6.26. The second kappa shape index (κ2) is 7.83. The molecule has 0 saturated carbocycles. The highest BCUT2D eigenvalue weighted by molar-refractivity contribution is 7.53. The van der Waals surface area contributed by atoms with Gasteiger partial charge in [-0.1, -0.05) is 25.8 Å². The summed E-state index contributed by atoms with van der Waals surface area (Å²) >= 11 is 0. The number of hydrogen-bond acceptors (Lipinski definition) is 3. The molecule has 0 bridgehead atoms. The normalized spacial score (nSPS) is 13.6. The van der Waals surface area contributed by atoms with E-state index in [1.54, 1.807) is 0 Å². The Morgan fingerprint density at radius 3 is 2.82 bits per heavy atom. The van der Waals surface area contributed by atoms with Crippen molar-refractivity contribution in [2.24, 2.45) is 4.95 Å². The zero-order valence-electron chi connectivity index (χ0n) is 6.73.